The predicted molar refractivity (Wildman–Crippen MR) is 38.8 cm³/mol. The Hall–Kier alpha value is -1.40. The van der Waals surface area contributed by atoms with Crippen molar-refractivity contribution in [3.8, 4) is 0 Å². The standard InChI is InChI=1S/C8H7N2/c9-10-7-6-8-4-2-1-3-5-8/h1-5H,6H2. The van der Waals surface area contributed by atoms with Crippen LogP contribution in [0.15, 0.2) is 30.3 Å². The lowest BCUT2D eigenvalue weighted by atomic mass is 10.2. The lowest BCUT2D eigenvalue weighted by Crippen LogP contribution is -1.84. The van der Waals surface area contributed by atoms with Crippen LogP contribution in [0.3, 0.4) is 0 Å². The molecular weight excluding hydrogens is 124 g/mol. The van der Waals surface area contributed by atoms with Crippen LogP contribution in [0, 0.1) is 0 Å². The van der Waals surface area contributed by atoms with Gasteiger partial charge < -0.3 is 5.53 Å². The molecule has 0 aromatic heterocycles. The molecule has 10 heavy (non-hydrogen) atoms. The van der Waals surface area contributed by atoms with Gasteiger partial charge in [0.05, 0.1) is 6.42 Å². The molecule has 49 valence electrons. The van der Waals surface area contributed by atoms with Crippen molar-refractivity contribution in [1.82, 2.24) is 0 Å². The van der Waals surface area contributed by atoms with Gasteiger partial charge in [-0.15, -0.1) is 0 Å². The molecule has 0 saturated heterocycles. The van der Waals surface area contributed by atoms with Crippen LogP contribution >= 0.6 is 0 Å². The molecule has 0 aliphatic rings. The highest BCUT2D eigenvalue weighted by atomic mass is 14.8. The van der Waals surface area contributed by atoms with Gasteiger partial charge in [0.1, 0.15) is 0 Å². The first-order valence-corrected chi connectivity index (χ1v) is 3.04. The summed E-state index contributed by atoms with van der Waals surface area (Å²) < 4.78 is 0. The first-order chi connectivity index (χ1) is 4.93. The van der Waals surface area contributed by atoms with Crippen molar-refractivity contribution in [2.45, 2.75) is 6.42 Å². The van der Waals surface area contributed by atoms with Gasteiger partial charge in [0, 0.05) is 0 Å². The number of nitrogens with zero attached hydrogens (tertiary/aromatic N) is 2. The number of hydrogen-bond donors (Lipinski definition) is 0. The topological polar surface area (TPSA) is 36.4 Å². The predicted octanol–water partition coefficient (Wildman–Crippen LogP) is 1.41. The molecule has 0 bridgehead atoms. The fraction of sp³-hybridized carbons (Fsp3) is 0.125. The maximum Gasteiger partial charge on any atom is 0.379 e. The van der Waals surface area contributed by atoms with Crippen LogP contribution < -0.4 is 0 Å². The largest absolute Gasteiger partial charge is 0.379 e. The Bertz CT molecular complexity index is 235. The van der Waals surface area contributed by atoms with Crippen LogP contribution in [0.4, 0.5) is 0 Å². The van der Waals surface area contributed by atoms with Crippen molar-refractivity contribution < 1.29 is 4.79 Å². The second-order valence-corrected chi connectivity index (χ2v) is 1.92. The molecule has 1 aromatic rings. The van der Waals surface area contributed by atoms with E-state index in [-0.39, 0.29) is 0 Å². The van der Waals surface area contributed by atoms with E-state index in [1.54, 1.807) is 0 Å². The summed E-state index contributed by atoms with van der Waals surface area (Å²) in [6, 6.07) is 9.73. The van der Waals surface area contributed by atoms with E-state index in [4.69, 9.17) is 5.53 Å². The first kappa shape index (κ1) is 6.72. The van der Waals surface area contributed by atoms with Crippen molar-refractivity contribution in [2.24, 2.45) is 0 Å². The molecule has 0 spiro atoms. The Morgan fingerprint density at radius 2 is 2.00 bits per heavy atom. The second-order valence-electron chi connectivity index (χ2n) is 1.92. The van der Waals surface area contributed by atoms with Crippen LogP contribution in [0.5, 0.6) is 0 Å². The quantitative estimate of drug-likeness (QED) is 0.330. The van der Waals surface area contributed by atoms with Crippen molar-refractivity contribution in [3.63, 3.8) is 0 Å². The van der Waals surface area contributed by atoms with Crippen molar-refractivity contribution in [3.05, 3.63) is 41.4 Å². The smallest absolute Gasteiger partial charge is 0.361 e. The lowest BCUT2D eigenvalue weighted by Gasteiger charge is -1.87. The zero-order valence-electron chi connectivity index (χ0n) is 5.49. The van der Waals surface area contributed by atoms with E-state index in [1.807, 2.05) is 30.3 Å². The third-order valence-electron chi connectivity index (χ3n) is 1.20. The average Bonchev–Trinajstić information content (AvgIpc) is 2.03. The van der Waals surface area contributed by atoms with Gasteiger partial charge in [0.25, 0.3) is 0 Å². The Morgan fingerprint density at radius 3 is 2.60 bits per heavy atom. The van der Waals surface area contributed by atoms with E-state index in [1.165, 1.54) is 0 Å². The van der Waals surface area contributed by atoms with Crippen LogP contribution in [0.25, 0.3) is 5.53 Å². The SMILES string of the molecule is [N-]=[N+]=[C]Cc1ccccc1. The minimum atomic E-state index is 0.567. The van der Waals surface area contributed by atoms with E-state index in [0.29, 0.717) is 6.42 Å². The van der Waals surface area contributed by atoms with Gasteiger partial charge in [-0.1, -0.05) is 30.3 Å². The molecule has 1 radical (unpaired) electrons. The van der Waals surface area contributed by atoms with E-state index >= 15 is 0 Å². The normalized spacial score (nSPS) is 8.40. The lowest BCUT2D eigenvalue weighted by molar-refractivity contribution is 0.00158. The van der Waals surface area contributed by atoms with Gasteiger partial charge in [0.2, 0.25) is 0 Å². The third kappa shape index (κ3) is 1.84. The Labute approximate surface area is 59.7 Å². The molecule has 1 aromatic carbocycles. The van der Waals surface area contributed by atoms with Gasteiger partial charge in [-0.25, -0.2) is 0 Å². The minimum Gasteiger partial charge on any atom is -0.361 e. The fourth-order valence-corrected chi connectivity index (χ4v) is 0.723. The molecule has 2 heteroatoms. The van der Waals surface area contributed by atoms with Gasteiger partial charge in [-0.05, 0) is 5.56 Å². The number of rotatable bonds is 2. The molecule has 2 nitrogen and oxygen atoms in total. The van der Waals surface area contributed by atoms with Crippen LogP contribution in [0.2, 0.25) is 0 Å². The highest BCUT2D eigenvalue weighted by Gasteiger charge is 1.90. The zero-order chi connectivity index (χ0) is 7.23. The Balaban J connectivity index is 2.67. The molecule has 0 heterocycles. The summed E-state index contributed by atoms with van der Waals surface area (Å²) in [5.41, 5.74) is 9.14. The molecule has 0 N–H and O–H groups in total. The minimum absolute atomic E-state index is 0.567. The molecule has 1 rings (SSSR count). The van der Waals surface area contributed by atoms with E-state index in [2.05, 4.69) is 11.0 Å². The summed E-state index contributed by atoms with van der Waals surface area (Å²) in [4.78, 5) is 2.78. The monoisotopic (exact) mass is 131 g/mol. The van der Waals surface area contributed by atoms with Gasteiger partial charge in [-0.3, -0.25) is 0 Å². The van der Waals surface area contributed by atoms with Crippen LogP contribution in [0.1, 0.15) is 5.56 Å². The van der Waals surface area contributed by atoms with E-state index in [9.17, 15) is 0 Å². The maximum atomic E-state index is 8.04. The molecule has 0 fully saturated rings. The highest BCUT2D eigenvalue weighted by Crippen LogP contribution is 1.96. The zero-order valence-corrected chi connectivity index (χ0v) is 5.49. The molecule has 0 saturated carbocycles. The van der Waals surface area contributed by atoms with Crippen molar-refractivity contribution in [1.29, 1.82) is 0 Å². The molecule has 0 amide bonds. The summed E-state index contributed by atoms with van der Waals surface area (Å²) in [7, 11) is 0. The summed E-state index contributed by atoms with van der Waals surface area (Å²) in [5.74, 6) is 0. The molecule has 0 aliphatic heterocycles. The summed E-state index contributed by atoms with van der Waals surface area (Å²) in [5, 5.41) is 0. The summed E-state index contributed by atoms with van der Waals surface area (Å²) in [6.07, 6.45) is 3.01. The molecular formula is C8H7N2. The van der Waals surface area contributed by atoms with Gasteiger partial charge in [0.15, 0.2) is 0 Å². The molecule has 0 atom stereocenters. The van der Waals surface area contributed by atoms with Gasteiger partial charge >= 0.3 is 6.21 Å². The second kappa shape index (κ2) is 3.59. The Kier molecular flexibility index (Phi) is 2.41. The van der Waals surface area contributed by atoms with Crippen molar-refractivity contribution >= 4 is 6.21 Å². The van der Waals surface area contributed by atoms with E-state index in [0.717, 1.165) is 5.56 Å². The molecule has 0 aliphatic carbocycles. The highest BCUT2D eigenvalue weighted by molar-refractivity contribution is 5.55. The third-order valence-corrected chi connectivity index (χ3v) is 1.20. The van der Waals surface area contributed by atoms with E-state index < -0.39 is 0 Å². The van der Waals surface area contributed by atoms with Gasteiger partial charge in [-0.2, -0.15) is 4.79 Å². The number of benzene rings is 1. The molecule has 0 unspecified atom stereocenters. The fourth-order valence-electron chi connectivity index (χ4n) is 0.723. The Morgan fingerprint density at radius 1 is 1.30 bits per heavy atom. The van der Waals surface area contributed by atoms with Crippen LogP contribution in [-0.2, 0) is 6.42 Å². The first-order valence-electron chi connectivity index (χ1n) is 3.04. The maximum absolute atomic E-state index is 8.04. The van der Waals surface area contributed by atoms with Crippen LogP contribution in [-0.4, -0.2) is 11.0 Å². The number of hydrogen-bond acceptors (Lipinski definition) is 0. The summed E-state index contributed by atoms with van der Waals surface area (Å²) in [6.45, 7) is 0. The van der Waals surface area contributed by atoms with Crippen molar-refractivity contribution in [2.75, 3.05) is 0 Å². The average molecular weight is 131 g/mol. The summed E-state index contributed by atoms with van der Waals surface area (Å²) >= 11 is 0.